The molecule has 1 unspecified atom stereocenters. The van der Waals surface area contributed by atoms with Crippen molar-refractivity contribution >= 4 is 22.1 Å². The largest absolute Gasteiger partial charge is 1.00 e. The summed E-state index contributed by atoms with van der Waals surface area (Å²) in [6, 6.07) is 0. The minimum atomic E-state index is -5.08. The Morgan fingerprint density at radius 2 is 1.73 bits per heavy atom. The molecule has 0 aliphatic rings. The van der Waals surface area contributed by atoms with Crippen LogP contribution in [0.4, 0.5) is 0 Å². The van der Waals surface area contributed by atoms with Crippen molar-refractivity contribution in [3.05, 3.63) is 0 Å². The number of hydrogen-bond donors (Lipinski definition) is 0. The number of carbonyl (C=O) groups is 2. The molecule has 0 saturated carbocycles. The predicted molar refractivity (Wildman–Crippen MR) is 35.1 cm³/mol. The summed E-state index contributed by atoms with van der Waals surface area (Å²) in [6.45, 7) is 0. The van der Waals surface area contributed by atoms with Gasteiger partial charge in [0.05, 0.1) is 24.7 Å². The summed E-state index contributed by atoms with van der Waals surface area (Å²) in [6.07, 6.45) is -1.04. The number of ether oxygens (including phenoxy) is 1. The molecule has 0 rings (SSSR count). The Morgan fingerprint density at radius 1 is 1.33 bits per heavy atom. The molecule has 0 spiro atoms. The fourth-order valence-corrected chi connectivity index (χ4v) is 1.11. The van der Waals surface area contributed by atoms with Crippen molar-refractivity contribution in [2.45, 2.75) is 11.7 Å². The van der Waals surface area contributed by atoms with Crippen LogP contribution in [0.5, 0.6) is 0 Å². The Labute approximate surface area is 131 Å². The molecular weight excluding hydrogens is 250 g/mol. The average molecular weight is 256 g/mol. The first-order valence-electron chi connectivity index (χ1n) is 3.01. The SMILES string of the molecule is COC(=O)CC(C(=O)[O-])S(=O)(=O)[O-].[Na+].[Na+]. The predicted octanol–water partition coefficient (Wildman–Crippen LogP) is -8.78. The van der Waals surface area contributed by atoms with Crippen molar-refractivity contribution < 1.29 is 91.5 Å². The molecule has 76 valence electrons. The second-order valence-corrected chi connectivity index (χ2v) is 3.64. The van der Waals surface area contributed by atoms with Gasteiger partial charge in [0, 0.05) is 0 Å². The molecule has 0 saturated heterocycles. The molecule has 0 radical (unpaired) electrons. The summed E-state index contributed by atoms with van der Waals surface area (Å²) >= 11 is 0. The van der Waals surface area contributed by atoms with Crippen molar-refractivity contribution in [2.24, 2.45) is 0 Å². The van der Waals surface area contributed by atoms with E-state index in [9.17, 15) is 27.7 Å². The van der Waals surface area contributed by atoms with E-state index < -0.39 is 33.7 Å². The van der Waals surface area contributed by atoms with E-state index >= 15 is 0 Å². The molecule has 10 heteroatoms. The molecule has 0 aliphatic heterocycles. The second kappa shape index (κ2) is 8.94. The third-order valence-corrected chi connectivity index (χ3v) is 2.25. The summed E-state index contributed by atoms with van der Waals surface area (Å²) in [7, 11) is -4.15. The molecule has 0 aromatic carbocycles. The molecule has 7 nitrogen and oxygen atoms in total. The molecule has 1 atom stereocenters. The summed E-state index contributed by atoms with van der Waals surface area (Å²) in [5.74, 6) is -3.21. The molecule has 0 heterocycles. The number of carboxylic acid groups (broad SMARTS) is 1. The number of hydrogen-bond acceptors (Lipinski definition) is 7. The number of rotatable bonds is 4. The molecule has 0 amide bonds. The van der Waals surface area contributed by atoms with Crippen LogP contribution in [-0.2, 0) is 24.4 Å². The van der Waals surface area contributed by atoms with Gasteiger partial charge in [0.2, 0.25) is 0 Å². The van der Waals surface area contributed by atoms with E-state index in [1.807, 2.05) is 0 Å². The summed E-state index contributed by atoms with van der Waals surface area (Å²) in [4.78, 5) is 20.6. The molecular formula is C5H6Na2O7S. The van der Waals surface area contributed by atoms with Gasteiger partial charge in [0.15, 0.2) is 0 Å². The first-order chi connectivity index (χ1) is 5.79. The number of methoxy groups -OCH3 is 1. The van der Waals surface area contributed by atoms with E-state index in [4.69, 9.17) is 0 Å². The number of carboxylic acids is 1. The summed E-state index contributed by atoms with van der Waals surface area (Å²) < 4.78 is 34.7. The number of carbonyl (C=O) groups excluding carboxylic acids is 2. The Bertz CT molecular complexity index is 311. The topological polar surface area (TPSA) is 124 Å². The summed E-state index contributed by atoms with van der Waals surface area (Å²) in [5.41, 5.74) is 0. The van der Waals surface area contributed by atoms with Gasteiger partial charge in [-0.15, -0.1) is 0 Å². The van der Waals surface area contributed by atoms with E-state index in [1.54, 1.807) is 0 Å². The van der Waals surface area contributed by atoms with E-state index in [1.165, 1.54) is 0 Å². The first kappa shape index (κ1) is 21.2. The first-order valence-corrected chi connectivity index (χ1v) is 4.48. The summed E-state index contributed by atoms with van der Waals surface area (Å²) in [5, 5.41) is 7.71. The van der Waals surface area contributed by atoms with Crippen LogP contribution in [0.15, 0.2) is 0 Å². The van der Waals surface area contributed by atoms with Crippen LogP contribution >= 0.6 is 0 Å². The molecule has 0 aliphatic carbocycles. The Balaban J connectivity index is -0.000000720. The third-order valence-electron chi connectivity index (χ3n) is 1.19. The quantitative estimate of drug-likeness (QED) is 0.278. The van der Waals surface area contributed by atoms with Crippen molar-refractivity contribution in [3.8, 4) is 0 Å². The van der Waals surface area contributed by atoms with Gasteiger partial charge in [0.25, 0.3) is 0 Å². The van der Waals surface area contributed by atoms with Gasteiger partial charge >= 0.3 is 65.1 Å². The van der Waals surface area contributed by atoms with Crippen molar-refractivity contribution in [2.75, 3.05) is 7.11 Å². The number of aliphatic carboxylic acids is 1. The van der Waals surface area contributed by atoms with Crippen LogP contribution in [0.1, 0.15) is 6.42 Å². The zero-order valence-electron chi connectivity index (χ0n) is 8.55. The van der Waals surface area contributed by atoms with E-state index in [2.05, 4.69) is 4.74 Å². The fraction of sp³-hybridized carbons (Fsp3) is 0.600. The molecule has 15 heavy (non-hydrogen) atoms. The van der Waals surface area contributed by atoms with Gasteiger partial charge in [-0.2, -0.15) is 0 Å². The molecule has 0 bridgehead atoms. The van der Waals surface area contributed by atoms with Gasteiger partial charge in [0.1, 0.15) is 10.1 Å². The van der Waals surface area contributed by atoms with E-state index in [0.717, 1.165) is 7.11 Å². The fourth-order valence-electron chi connectivity index (χ4n) is 0.538. The maximum Gasteiger partial charge on any atom is 1.00 e. The average Bonchev–Trinajstić information content (AvgIpc) is 1.96. The van der Waals surface area contributed by atoms with Crippen LogP contribution in [0.25, 0.3) is 0 Å². The van der Waals surface area contributed by atoms with Crippen LogP contribution in [-0.4, -0.2) is 37.3 Å². The van der Waals surface area contributed by atoms with Gasteiger partial charge in [-0.3, -0.25) is 4.79 Å². The third kappa shape index (κ3) is 8.64. The van der Waals surface area contributed by atoms with Crippen LogP contribution in [0.2, 0.25) is 0 Å². The molecule has 0 aromatic heterocycles. The van der Waals surface area contributed by atoms with Gasteiger partial charge in [-0.25, -0.2) is 8.42 Å². The Morgan fingerprint density at radius 3 is 1.93 bits per heavy atom. The monoisotopic (exact) mass is 256 g/mol. The molecule has 0 fully saturated rings. The van der Waals surface area contributed by atoms with Gasteiger partial charge in [-0.05, 0) is 0 Å². The minimum absolute atomic E-state index is 0. The second-order valence-electron chi connectivity index (χ2n) is 2.08. The zero-order valence-corrected chi connectivity index (χ0v) is 13.4. The Hall–Kier alpha value is 0.850. The maximum absolute atomic E-state index is 10.5. The van der Waals surface area contributed by atoms with E-state index in [-0.39, 0.29) is 59.1 Å². The van der Waals surface area contributed by atoms with Gasteiger partial charge < -0.3 is 19.2 Å². The van der Waals surface area contributed by atoms with Crippen LogP contribution in [0.3, 0.4) is 0 Å². The van der Waals surface area contributed by atoms with Crippen LogP contribution in [0, 0.1) is 0 Å². The normalized spacial score (nSPS) is 11.6. The Kier molecular flexibility index (Phi) is 12.6. The van der Waals surface area contributed by atoms with Gasteiger partial charge in [-0.1, -0.05) is 0 Å². The zero-order chi connectivity index (χ0) is 10.6. The van der Waals surface area contributed by atoms with Crippen LogP contribution < -0.4 is 64.2 Å². The van der Waals surface area contributed by atoms with Crippen molar-refractivity contribution in [1.29, 1.82) is 0 Å². The molecule has 0 aromatic rings. The van der Waals surface area contributed by atoms with E-state index in [0.29, 0.717) is 0 Å². The minimum Gasteiger partial charge on any atom is -0.747 e. The standard InChI is InChI=1S/C5H8O7S.2Na/c1-12-4(6)2-3(5(7)8)13(9,10)11;;/h3H,2H2,1H3,(H,7,8)(H,9,10,11);;/q;2*+1/p-2. The maximum atomic E-state index is 10.5. The van der Waals surface area contributed by atoms with Crippen molar-refractivity contribution in [1.82, 2.24) is 0 Å². The smallest absolute Gasteiger partial charge is 0.747 e. The molecule has 0 N–H and O–H groups in total. The van der Waals surface area contributed by atoms with Crippen molar-refractivity contribution in [3.63, 3.8) is 0 Å². The number of esters is 1.